The van der Waals surface area contributed by atoms with E-state index in [1.54, 1.807) is 0 Å². The Labute approximate surface area is 67.1 Å². The second kappa shape index (κ2) is 2.96. The van der Waals surface area contributed by atoms with Crippen molar-refractivity contribution < 1.29 is 15.3 Å². The number of halogens is 1. The Bertz CT molecular complexity index is 179. The van der Waals surface area contributed by atoms with Crippen LogP contribution < -0.4 is 0 Å². The maximum absolute atomic E-state index is 5.77. The molecular formula is C7H9ClV. The molecule has 2 heteroatoms. The Morgan fingerprint density at radius 3 is 2.44 bits per heavy atom. The zero-order valence-corrected chi connectivity index (χ0v) is 7.76. The van der Waals surface area contributed by atoms with Crippen molar-refractivity contribution in [3.63, 3.8) is 0 Å². The van der Waals surface area contributed by atoms with E-state index in [1.165, 1.54) is 15.4 Å². The van der Waals surface area contributed by atoms with Crippen molar-refractivity contribution in [3.8, 4) is 0 Å². The van der Waals surface area contributed by atoms with Crippen LogP contribution in [0.25, 0.3) is 0 Å². The van der Waals surface area contributed by atoms with Gasteiger partial charge in [0.25, 0.3) is 0 Å². The Kier molecular flexibility index (Phi) is 2.45. The van der Waals surface area contributed by atoms with E-state index >= 15 is 0 Å². The predicted molar refractivity (Wildman–Crippen MR) is 36.9 cm³/mol. The van der Waals surface area contributed by atoms with Gasteiger partial charge in [0.15, 0.2) is 0 Å². The van der Waals surface area contributed by atoms with Gasteiger partial charge in [0, 0.05) is 0 Å². The zero-order chi connectivity index (χ0) is 6.85. The Balaban J connectivity index is 2.79. The molecule has 0 nitrogen and oxygen atoms in total. The molecule has 9 heavy (non-hydrogen) atoms. The number of rotatable bonds is 1. The molecule has 0 saturated heterocycles. The first-order chi connectivity index (χ1) is 4.25. The second-order valence-electron chi connectivity index (χ2n) is 2.25. The van der Waals surface area contributed by atoms with Gasteiger partial charge in [-0.25, -0.2) is 0 Å². The average molecular weight is 180 g/mol. The molecule has 0 spiro atoms. The van der Waals surface area contributed by atoms with Crippen molar-refractivity contribution in [2.24, 2.45) is 0 Å². The van der Waals surface area contributed by atoms with E-state index in [4.69, 9.17) is 9.85 Å². The molecule has 0 aromatic heterocycles. The van der Waals surface area contributed by atoms with Crippen molar-refractivity contribution >= 4 is 9.85 Å². The van der Waals surface area contributed by atoms with Gasteiger partial charge in [0.05, 0.1) is 0 Å². The van der Waals surface area contributed by atoms with Crippen LogP contribution in [0.4, 0.5) is 0 Å². The molecule has 1 aliphatic carbocycles. The molecule has 0 aromatic carbocycles. The standard InChI is InChI=1S/C7H9.ClH.V/c1-6-4-3-5-7(6)2;;/h4H,3H2,1-2H3;1H;/q;;+1/p-1. The Morgan fingerprint density at radius 2 is 2.22 bits per heavy atom. The van der Waals surface area contributed by atoms with Crippen LogP contribution >= 0.6 is 9.85 Å². The summed E-state index contributed by atoms with van der Waals surface area (Å²) in [4.78, 5) is 0. The van der Waals surface area contributed by atoms with Crippen LogP contribution in [0.2, 0.25) is 0 Å². The van der Waals surface area contributed by atoms with Crippen LogP contribution in [0.1, 0.15) is 20.3 Å². The first-order valence-corrected chi connectivity index (χ1v) is 5.56. The SMILES string of the molecule is CC1=CC[C]([V][Cl])=C1C. The summed E-state index contributed by atoms with van der Waals surface area (Å²) in [6, 6.07) is 0. The fourth-order valence-electron chi connectivity index (χ4n) is 0.881. The Hall–Kier alpha value is 0.354. The van der Waals surface area contributed by atoms with E-state index in [2.05, 4.69) is 19.9 Å². The fraction of sp³-hybridized carbons (Fsp3) is 0.429. The summed E-state index contributed by atoms with van der Waals surface area (Å²) >= 11 is -0.0370. The van der Waals surface area contributed by atoms with Crippen molar-refractivity contribution in [2.75, 3.05) is 0 Å². The molecule has 49 valence electrons. The van der Waals surface area contributed by atoms with Gasteiger partial charge in [-0.3, -0.25) is 0 Å². The predicted octanol–water partition coefficient (Wildman–Crippen LogP) is 2.85. The molecule has 0 bridgehead atoms. The van der Waals surface area contributed by atoms with Crippen LogP contribution in [0.5, 0.6) is 0 Å². The summed E-state index contributed by atoms with van der Waals surface area (Å²) in [5, 5.41) is 0. The van der Waals surface area contributed by atoms with E-state index in [0.29, 0.717) is 0 Å². The third kappa shape index (κ3) is 1.43. The third-order valence-electron chi connectivity index (χ3n) is 1.73. The van der Waals surface area contributed by atoms with Crippen molar-refractivity contribution in [1.82, 2.24) is 0 Å². The molecule has 0 saturated carbocycles. The Morgan fingerprint density at radius 1 is 1.56 bits per heavy atom. The van der Waals surface area contributed by atoms with Gasteiger partial charge in [0.2, 0.25) is 0 Å². The summed E-state index contributed by atoms with van der Waals surface area (Å²) in [6.07, 6.45) is 3.36. The van der Waals surface area contributed by atoms with Crippen molar-refractivity contribution in [1.29, 1.82) is 0 Å². The molecule has 0 aromatic rings. The van der Waals surface area contributed by atoms with E-state index in [9.17, 15) is 0 Å². The molecule has 0 N–H and O–H groups in total. The number of hydrogen-bond donors (Lipinski definition) is 0. The number of hydrogen-bond acceptors (Lipinski definition) is 0. The van der Waals surface area contributed by atoms with Gasteiger partial charge in [-0.05, 0) is 0 Å². The van der Waals surface area contributed by atoms with Gasteiger partial charge in [-0.15, -0.1) is 0 Å². The van der Waals surface area contributed by atoms with Crippen LogP contribution in [0, 0.1) is 0 Å². The van der Waals surface area contributed by atoms with Crippen molar-refractivity contribution in [2.45, 2.75) is 20.3 Å². The van der Waals surface area contributed by atoms with Gasteiger partial charge in [0.1, 0.15) is 0 Å². The minimum absolute atomic E-state index is 0.0370. The van der Waals surface area contributed by atoms with E-state index in [1.807, 2.05) is 0 Å². The summed E-state index contributed by atoms with van der Waals surface area (Å²) in [5.41, 5.74) is 2.85. The topological polar surface area (TPSA) is 0 Å². The van der Waals surface area contributed by atoms with E-state index < -0.39 is 0 Å². The van der Waals surface area contributed by atoms with E-state index in [-0.39, 0.29) is 15.3 Å². The summed E-state index contributed by atoms with van der Waals surface area (Å²) in [6.45, 7) is 4.31. The number of allylic oxidation sites excluding steroid dienone is 4. The normalized spacial score (nSPS) is 18.3. The summed E-state index contributed by atoms with van der Waals surface area (Å²) < 4.78 is 1.48. The second-order valence-corrected chi connectivity index (χ2v) is 4.05. The van der Waals surface area contributed by atoms with Crippen LogP contribution in [-0.4, -0.2) is 0 Å². The molecule has 0 radical (unpaired) electrons. The van der Waals surface area contributed by atoms with Crippen LogP contribution in [-0.2, 0) is 15.3 Å². The molecule has 0 aliphatic heterocycles. The van der Waals surface area contributed by atoms with Gasteiger partial charge in [-0.2, -0.15) is 0 Å². The third-order valence-corrected chi connectivity index (χ3v) is 3.70. The molecule has 0 heterocycles. The molecule has 1 aliphatic rings. The molecule has 0 amide bonds. The van der Waals surface area contributed by atoms with Gasteiger partial charge < -0.3 is 0 Å². The monoisotopic (exact) mass is 179 g/mol. The van der Waals surface area contributed by atoms with E-state index in [0.717, 1.165) is 6.42 Å². The summed E-state index contributed by atoms with van der Waals surface area (Å²) in [5.74, 6) is 0. The van der Waals surface area contributed by atoms with Gasteiger partial charge >= 0.3 is 67.0 Å². The van der Waals surface area contributed by atoms with Gasteiger partial charge in [-0.1, -0.05) is 0 Å². The molecule has 1 rings (SSSR count). The zero-order valence-electron chi connectivity index (χ0n) is 5.61. The first-order valence-electron chi connectivity index (χ1n) is 2.94. The average Bonchev–Trinajstić information content (AvgIpc) is 2.15. The van der Waals surface area contributed by atoms with Crippen molar-refractivity contribution in [3.05, 3.63) is 21.5 Å². The maximum atomic E-state index is 5.77. The molecule has 0 atom stereocenters. The first kappa shape index (κ1) is 7.46. The van der Waals surface area contributed by atoms with Crippen LogP contribution in [0.3, 0.4) is 0 Å². The molecule has 0 unspecified atom stereocenters. The summed E-state index contributed by atoms with van der Waals surface area (Å²) in [7, 11) is 5.77. The molecular weight excluding hydrogens is 170 g/mol. The minimum atomic E-state index is -0.0370. The van der Waals surface area contributed by atoms with Crippen LogP contribution in [0.15, 0.2) is 21.5 Å². The fourth-order valence-corrected chi connectivity index (χ4v) is 2.41. The molecule has 0 fully saturated rings. The quantitative estimate of drug-likeness (QED) is 0.581.